The first kappa shape index (κ1) is 15.9. The van der Waals surface area contributed by atoms with Crippen molar-refractivity contribution in [2.45, 2.75) is 33.2 Å². The van der Waals surface area contributed by atoms with Crippen molar-refractivity contribution in [3.8, 4) is 0 Å². The predicted octanol–water partition coefficient (Wildman–Crippen LogP) is 3.16. The summed E-state index contributed by atoms with van der Waals surface area (Å²) in [5.74, 6) is -0.740. The summed E-state index contributed by atoms with van der Waals surface area (Å²) in [4.78, 5) is 23.6. The third kappa shape index (κ3) is 3.46. The number of carboxylic acid groups (broad SMARTS) is 1. The van der Waals surface area contributed by atoms with Crippen LogP contribution < -0.4 is 4.90 Å². The topological polar surface area (TPSA) is 83.7 Å². The van der Waals surface area contributed by atoms with Crippen molar-refractivity contribution < 1.29 is 14.8 Å². The van der Waals surface area contributed by atoms with E-state index in [1.165, 1.54) is 18.2 Å². The summed E-state index contributed by atoms with van der Waals surface area (Å²) in [6.07, 6.45) is 0.821. The molecule has 0 saturated carbocycles. The molecule has 1 unspecified atom stereocenters. The van der Waals surface area contributed by atoms with Crippen molar-refractivity contribution in [1.82, 2.24) is 0 Å². The van der Waals surface area contributed by atoms with Gasteiger partial charge in [-0.2, -0.15) is 0 Å². The number of nitrogens with zero attached hydrogens (tertiary/aromatic N) is 2. The molecule has 0 aliphatic heterocycles. The Morgan fingerprint density at radius 2 is 2.00 bits per heavy atom. The minimum Gasteiger partial charge on any atom is -0.478 e. The molecule has 0 aliphatic rings. The molecule has 0 spiro atoms. The number of benzene rings is 1. The Morgan fingerprint density at radius 1 is 1.40 bits per heavy atom. The van der Waals surface area contributed by atoms with E-state index in [-0.39, 0.29) is 23.0 Å². The van der Waals surface area contributed by atoms with Gasteiger partial charge in [-0.3, -0.25) is 10.1 Å². The monoisotopic (exact) mass is 280 g/mol. The lowest BCUT2D eigenvalue weighted by molar-refractivity contribution is -0.384. The average Bonchev–Trinajstić information content (AvgIpc) is 2.35. The number of para-hydroxylation sites is 1. The molecule has 0 heterocycles. The van der Waals surface area contributed by atoms with Crippen LogP contribution in [0.15, 0.2) is 18.2 Å². The van der Waals surface area contributed by atoms with E-state index < -0.39 is 10.9 Å². The molecule has 110 valence electrons. The largest absolute Gasteiger partial charge is 0.478 e. The molecular formula is C14H20N2O4. The number of nitro groups is 1. The van der Waals surface area contributed by atoms with Crippen molar-refractivity contribution in [3.63, 3.8) is 0 Å². The van der Waals surface area contributed by atoms with Crippen LogP contribution in [0.2, 0.25) is 0 Å². The van der Waals surface area contributed by atoms with E-state index in [9.17, 15) is 20.0 Å². The highest BCUT2D eigenvalue weighted by atomic mass is 16.6. The smallest absolute Gasteiger partial charge is 0.338 e. The zero-order valence-corrected chi connectivity index (χ0v) is 12.2. The SMILES string of the molecule is CC(C)CC(C)N(C)c1c(C(=O)O)cccc1[N+](=O)[O-]. The first-order valence-electron chi connectivity index (χ1n) is 6.49. The van der Waals surface area contributed by atoms with Crippen LogP contribution in [0, 0.1) is 16.0 Å². The van der Waals surface area contributed by atoms with E-state index in [1.54, 1.807) is 11.9 Å². The van der Waals surface area contributed by atoms with Crippen LogP contribution in [0.1, 0.15) is 37.6 Å². The molecule has 0 amide bonds. The lowest BCUT2D eigenvalue weighted by Crippen LogP contribution is -2.32. The average molecular weight is 280 g/mol. The summed E-state index contributed by atoms with van der Waals surface area (Å²) in [7, 11) is 1.70. The highest BCUT2D eigenvalue weighted by molar-refractivity contribution is 5.97. The van der Waals surface area contributed by atoms with Gasteiger partial charge in [0.05, 0.1) is 10.5 Å². The minimum atomic E-state index is -1.16. The number of rotatable bonds is 6. The van der Waals surface area contributed by atoms with Gasteiger partial charge < -0.3 is 10.0 Å². The molecule has 0 radical (unpaired) electrons. The number of aromatic carboxylic acids is 1. The molecule has 1 aromatic carbocycles. The zero-order valence-electron chi connectivity index (χ0n) is 12.2. The number of carbonyl (C=O) groups is 1. The second-order valence-electron chi connectivity index (χ2n) is 5.33. The van der Waals surface area contributed by atoms with Gasteiger partial charge in [0.25, 0.3) is 5.69 Å². The van der Waals surface area contributed by atoms with E-state index in [2.05, 4.69) is 13.8 Å². The molecule has 1 N–H and O–H groups in total. The molecule has 0 bridgehead atoms. The Bertz CT molecular complexity index is 482. The van der Waals surface area contributed by atoms with Crippen molar-refractivity contribution in [2.24, 2.45) is 5.92 Å². The highest BCUT2D eigenvalue weighted by Gasteiger charge is 2.26. The fourth-order valence-electron chi connectivity index (χ4n) is 2.28. The Labute approximate surface area is 118 Å². The van der Waals surface area contributed by atoms with E-state index in [4.69, 9.17) is 0 Å². The normalized spacial score (nSPS) is 12.2. The fraction of sp³-hybridized carbons (Fsp3) is 0.500. The number of carboxylic acids is 1. The van der Waals surface area contributed by atoms with Crippen molar-refractivity contribution in [2.75, 3.05) is 11.9 Å². The molecule has 0 saturated heterocycles. The summed E-state index contributed by atoms with van der Waals surface area (Å²) >= 11 is 0. The summed E-state index contributed by atoms with van der Waals surface area (Å²) in [6, 6.07) is 4.13. The van der Waals surface area contributed by atoms with E-state index in [0.29, 0.717) is 5.92 Å². The molecule has 0 fully saturated rings. The van der Waals surface area contributed by atoms with Crippen LogP contribution in [0.5, 0.6) is 0 Å². The van der Waals surface area contributed by atoms with Crippen LogP contribution in [0.3, 0.4) is 0 Å². The predicted molar refractivity (Wildman–Crippen MR) is 77.4 cm³/mol. The van der Waals surface area contributed by atoms with Crippen LogP contribution in [0.4, 0.5) is 11.4 Å². The Balaban J connectivity index is 3.32. The first-order valence-corrected chi connectivity index (χ1v) is 6.49. The third-order valence-electron chi connectivity index (χ3n) is 3.27. The molecule has 6 nitrogen and oxygen atoms in total. The van der Waals surface area contributed by atoms with Crippen LogP contribution in [-0.4, -0.2) is 29.1 Å². The third-order valence-corrected chi connectivity index (χ3v) is 3.27. The summed E-state index contributed by atoms with van der Waals surface area (Å²) in [6.45, 7) is 6.05. The lowest BCUT2D eigenvalue weighted by atomic mass is 10.0. The Kier molecular flexibility index (Phi) is 5.07. The second-order valence-corrected chi connectivity index (χ2v) is 5.33. The molecule has 20 heavy (non-hydrogen) atoms. The molecule has 1 rings (SSSR count). The number of anilines is 1. The number of hydrogen-bond acceptors (Lipinski definition) is 4. The van der Waals surface area contributed by atoms with Gasteiger partial charge >= 0.3 is 5.97 Å². The lowest BCUT2D eigenvalue weighted by Gasteiger charge is -2.29. The van der Waals surface area contributed by atoms with Gasteiger partial charge in [0.2, 0.25) is 0 Å². The van der Waals surface area contributed by atoms with Gasteiger partial charge in [-0.05, 0) is 25.3 Å². The van der Waals surface area contributed by atoms with Crippen molar-refractivity contribution >= 4 is 17.3 Å². The molecule has 0 aliphatic carbocycles. The van der Waals surface area contributed by atoms with Gasteiger partial charge in [-0.25, -0.2) is 4.79 Å². The van der Waals surface area contributed by atoms with Crippen molar-refractivity contribution in [3.05, 3.63) is 33.9 Å². The van der Waals surface area contributed by atoms with Crippen LogP contribution in [-0.2, 0) is 0 Å². The Morgan fingerprint density at radius 3 is 2.45 bits per heavy atom. The summed E-state index contributed by atoms with van der Waals surface area (Å²) < 4.78 is 0. The summed E-state index contributed by atoms with van der Waals surface area (Å²) in [5, 5.41) is 20.4. The van der Waals surface area contributed by atoms with Gasteiger partial charge in [-0.15, -0.1) is 0 Å². The fourth-order valence-corrected chi connectivity index (χ4v) is 2.28. The first-order chi connectivity index (χ1) is 9.25. The Hall–Kier alpha value is -2.11. The molecule has 0 aromatic heterocycles. The van der Waals surface area contributed by atoms with Gasteiger partial charge in [-0.1, -0.05) is 19.9 Å². The minimum absolute atomic E-state index is 0.00852. The van der Waals surface area contributed by atoms with E-state index in [1.807, 2.05) is 6.92 Å². The standard InChI is InChI=1S/C14H20N2O4/c1-9(2)8-10(3)15(4)13-11(14(17)18)6-5-7-12(13)16(19)20/h5-7,9-10H,8H2,1-4H3,(H,17,18). The molecule has 6 heteroatoms. The van der Waals surface area contributed by atoms with Gasteiger partial charge in [0.1, 0.15) is 5.69 Å². The maximum absolute atomic E-state index is 11.3. The van der Waals surface area contributed by atoms with Gasteiger partial charge in [0, 0.05) is 19.2 Å². The quantitative estimate of drug-likeness (QED) is 0.639. The maximum Gasteiger partial charge on any atom is 0.338 e. The van der Waals surface area contributed by atoms with E-state index in [0.717, 1.165) is 6.42 Å². The summed E-state index contributed by atoms with van der Waals surface area (Å²) in [5.41, 5.74) is -0.0570. The van der Waals surface area contributed by atoms with E-state index >= 15 is 0 Å². The number of nitro benzene ring substituents is 1. The van der Waals surface area contributed by atoms with Crippen LogP contribution >= 0.6 is 0 Å². The zero-order chi connectivity index (χ0) is 15.4. The highest BCUT2D eigenvalue weighted by Crippen LogP contribution is 2.33. The van der Waals surface area contributed by atoms with Crippen molar-refractivity contribution in [1.29, 1.82) is 0 Å². The van der Waals surface area contributed by atoms with Crippen LogP contribution in [0.25, 0.3) is 0 Å². The number of hydrogen-bond donors (Lipinski definition) is 1. The molecule has 1 aromatic rings. The maximum atomic E-state index is 11.3. The molecule has 1 atom stereocenters. The van der Waals surface area contributed by atoms with Gasteiger partial charge in [0.15, 0.2) is 0 Å². The molecular weight excluding hydrogens is 260 g/mol. The second kappa shape index (κ2) is 6.36.